The highest BCUT2D eigenvalue weighted by atomic mass is 32.1. The second-order valence-corrected chi connectivity index (χ2v) is 5.54. The van der Waals surface area contributed by atoms with Crippen molar-refractivity contribution in [2.24, 2.45) is 0 Å². The summed E-state index contributed by atoms with van der Waals surface area (Å²) in [4.78, 5) is 9.78. The molecule has 0 unspecified atom stereocenters. The SMILES string of the molecule is Cc1csc(CCCNCc2cncs2)n1. The fraction of sp³-hybridized carbons (Fsp3) is 0.455. The van der Waals surface area contributed by atoms with E-state index in [2.05, 4.69) is 20.7 Å². The molecule has 2 heterocycles. The molecule has 5 heteroatoms. The van der Waals surface area contributed by atoms with Gasteiger partial charge in [-0.2, -0.15) is 0 Å². The minimum absolute atomic E-state index is 0.932. The summed E-state index contributed by atoms with van der Waals surface area (Å²) >= 11 is 3.46. The molecule has 0 saturated heterocycles. The molecule has 0 bridgehead atoms. The lowest BCUT2D eigenvalue weighted by Gasteiger charge is -2.00. The molecule has 1 N–H and O–H groups in total. The van der Waals surface area contributed by atoms with Crippen molar-refractivity contribution in [3.8, 4) is 0 Å². The Balaban J connectivity index is 1.59. The molecule has 0 radical (unpaired) electrons. The number of thiazole rings is 2. The Labute approximate surface area is 104 Å². The normalized spacial score (nSPS) is 10.8. The maximum absolute atomic E-state index is 4.44. The van der Waals surface area contributed by atoms with Gasteiger partial charge in [-0.15, -0.1) is 22.7 Å². The summed E-state index contributed by atoms with van der Waals surface area (Å²) in [5, 5.41) is 6.77. The third-order valence-electron chi connectivity index (χ3n) is 2.19. The van der Waals surface area contributed by atoms with Crippen LogP contribution in [0.5, 0.6) is 0 Å². The summed E-state index contributed by atoms with van der Waals surface area (Å²) in [6, 6.07) is 0. The number of rotatable bonds is 6. The molecule has 0 aliphatic rings. The molecular formula is C11H15N3S2. The molecule has 2 aromatic heterocycles. The van der Waals surface area contributed by atoms with Gasteiger partial charge in [0.05, 0.1) is 10.5 Å². The van der Waals surface area contributed by atoms with Gasteiger partial charge in [0.1, 0.15) is 0 Å². The van der Waals surface area contributed by atoms with Gasteiger partial charge in [0.25, 0.3) is 0 Å². The van der Waals surface area contributed by atoms with Gasteiger partial charge in [0.15, 0.2) is 0 Å². The Morgan fingerprint density at radius 2 is 2.31 bits per heavy atom. The van der Waals surface area contributed by atoms with Crippen molar-refractivity contribution in [2.45, 2.75) is 26.3 Å². The van der Waals surface area contributed by atoms with Crippen LogP contribution in [0.4, 0.5) is 0 Å². The van der Waals surface area contributed by atoms with Gasteiger partial charge in [-0.05, 0) is 19.9 Å². The van der Waals surface area contributed by atoms with Crippen molar-refractivity contribution in [1.29, 1.82) is 0 Å². The molecular weight excluding hydrogens is 238 g/mol. The number of aromatic nitrogens is 2. The highest BCUT2D eigenvalue weighted by molar-refractivity contribution is 7.09. The maximum atomic E-state index is 4.44. The molecule has 0 amide bonds. The van der Waals surface area contributed by atoms with E-state index in [1.807, 2.05) is 18.6 Å². The van der Waals surface area contributed by atoms with Crippen LogP contribution < -0.4 is 5.32 Å². The zero-order valence-corrected chi connectivity index (χ0v) is 10.9. The summed E-state index contributed by atoms with van der Waals surface area (Å²) in [5.74, 6) is 0. The van der Waals surface area contributed by atoms with E-state index < -0.39 is 0 Å². The first-order chi connectivity index (χ1) is 7.84. The minimum atomic E-state index is 0.932. The second-order valence-electron chi connectivity index (χ2n) is 3.63. The first kappa shape index (κ1) is 11.7. The standard InChI is InChI=1S/C11H15N3S2/c1-9-7-15-11(14-9)3-2-4-12-5-10-6-13-8-16-10/h6-8,12H,2-5H2,1H3. The fourth-order valence-corrected chi connectivity index (χ4v) is 2.81. The van der Waals surface area contributed by atoms with Gasteiger partial charge in [-0.1, -0.05) is 0 Å². The van der Waals surface area contributed by atoms with E-state index in [1.165, 1.54) is 9.88 Å². The minimum Gasteiger partial charge on any atom is -0.312 e. The van der Waals surface area contributed by atoms with Crippen LogP contribution in [0, 0.1) is 6.92 Å². The molecule has 0 fully saturated rings. The van der Waals surface area contributed by atoms with E-state index in [-0.39, 0.29) is 0 Å². The molecule has 0 atom stereocenters. The Hall–Kier alpha value is -0.780. The average molecular weight is 253 g/mol. The lowest BCUT2D eigenvalue weighted by Crippen LogP contribution is -2.14. The largest absolute Gasteiger partial charge is 0.312 e. The Kier molecular flexibility index (Phi) is 4.44. The van der Waals surface area contributed by atoms with Crippen LogP contribution in [0.3, 0.4) is 0 Å². The predicted octanol–water partition coefficient (Wildman–Crippen LogP) is 2.63. The van der Waals surface area contributed by atoms with Crippen LogP contribution >= 0.6 is 22.7 Å². The zero-order valence-electron chi connectivity index (χ0n) is 9.27. The van der Waals surface area contributed by atoms with E-state index in [4.69, 9.17) is 0 Å². The summed E-state index contributed by atoms with van der Waals surface area (Å²) in [5.41, 5.74) is 3.01. The number of nitrogens with zero attached hydrogens (tertiary/aromatic N) is 2. The molecule has 86 valence electrons. The van der Waals surface area contributed by atoms with Crippen LogP contribution in [0.25, 0.3) is 0 Å². The van der Waals surface area contributed by atoms with Crippen LogP contribution in [0.1, 0.15) is 22.0 Å². The van der Waals surface area contributed by atoms with E-state index >= 15 is 0 Å². The van der Waals surface area contributed by atoms with Crippen molar-refractivity contribution in [1.82, 2.24) is 15.3 Å². The van der Waals surface area contributed by atoms with Gasteiger partial charge in [-0.25, -0.2) is 4.98 Å². The molecule has 0 aromatic carbocycles. The Bertz CT molecular complexity index is 409. The average Bonchev–Trinajstić information content (AvgIpc) is 2.89. The summed E-state index contributed by atoms with van der Waals surface area (Å²) in [6.45, 7) is 4.01. The molecule has 0 spiro atoms. The molecule has 0 aliphatic heterocycles. The first-order valence-electron chi connectivity index (χ1n) is 5.33. The van der Waals surface area contributed by atoms with Gasteiger partial charge >= 0.3 is 0 Å². The van der Waals surface area contributed by atoms with Crippen LogP contribution in [0.15, 0.2) is 17.1 Å². The third kappa shape index (κ3) is 3.66. The smallest absolute Gasteiger partial charge is 0.0928 e. The summed E-state index contributed by atoms with van der Waals surface area (Å²) in [6.07, 6.45) is 4.14. The number of hydrogen-bond acceptors (Lipinski definition) is 5. The quantitative estimate of drug-likeness (QED) is 0.804. The molecule has 0 saturated carbocycles. The number of nitrogens with one attached hydrogen (secondary N) is 1. The van der Waals surface area contributed by atoms with Crippen molar-refractivity contribution in [3.05, 3.63) is 32.7 Å². The maximum Gasteiger partial charge on any atom is 0.0928 e. The van der Waals surface area contributed by atoms with Gasteiger partial charge in [0, 0.05) is 35.1 Å². The second kappa shape index (κ2) is 6.08. The van der Waals surface area contributed by atoms with Crippen molar-refractivity contribution < 1.29 is 0 Å². The van der Waals surface area contributed by atoms with Crippen molar-refractivity contribution in [3.63, 3.8) is 0 Å². The van der Waals surface area contributed by atoms with Gasteiger partial charge < -0.3 is 5.32 Å². The Morgan fingerprint density at radius 1 is 1.38 bits per heavy atom. The topological polar surface area (TPSA) is 37.8 Å². The predicted molar refractivity (Wildman–Crippen MR) is 69.0 cm³/mol. The van der Waals surface area contributed by atoms with Crippen LogP contribution in [-0.4, -0.2) is 16.5 Å². The highest BCUT2D eigenvalue weighted by Crippen LogP contribution is 2.10. The van der Waals surface area contributed by atoms with Crippen molar-refractivity contribution >= 4 is 22.7 Å². The van der Waals surface area contributed by atoms with Crippen LogP contribution in [0.2, 0.25) is 0 Å². The monoisotopic (exact) mass is 253 g/mol. The number of aryl methyl sites for hydroxylation is 2. The van der Waals surface area contributed by atoms with E-state index in [9.17, 15) is 0 Å². The molecule has 2 aromatic rings. The molecule has 2 rings (SSSR count). The summed E-state index contributed by atoms with van der Waals surface area (Å²) < 4.78 is 0. The van der Waals surface area contributed by atoms with Crippen LogP contribution in [-0.2, 0) is 13.0 Å². The highest BCUT2D eigenvalue weighted by Gasteiger charge is 1.98. The molecule has 16 heavy (non-hydrogen) atoms. The molecule has 0 aliphatic carbocycles. The number of hydrogen-bond donors (Lipinski definition) is 1. The van der Waals surface area contributed by atoms with E-state index in [1.54, 1.807) is 22.7 Å². The van der Waals surface area contributed by atoms with Gasteiger partial charge in [0.2, 0.25) is 0 Å². The lowest BCUT2D eigenvalue weighted by molar-refractivity contribution is 0.652. The zero-order chi connectivity index (χ0) is 11.2. The third-order valence-corrected chi connectivity index (χ3v) is 4.00. The Morgan fingerprint density at radius 3 is 3.00 bits per heavy atom. The van der Waals surface area contributed by atoms with E-state index in [0.717, 1.165) is 31.6 Å². The van der Waals surface area contributed by atoms with Gasteiger partial charge in [-0.3, -0.25) is 4.98 Å². The molecule has 3 nitrogen and oxygen atoms in total. The summed E-state index contributed by atoms with van der Waals surface area (Å²) in [7, 11) is 0. The van der Waals surface area contributed by atoms with E-state index in [0.29, 0.717) is 0 Å². The fourth-order valence-electron chi connectivity index (χ4n) is 1.42. The first-order valence-corrected chi connectivity index (χ1v) is 7.09. The lowest BCUT2D eigenvalue weighted by atomic mass is 10.3. The van der Waals surface area contributed by atoms with Crippen molar-refractivity contribution in [2.75, 3.05) is 6.54 Å².